The number of carbonyl (C=O) groups excluding carboxylic acids is 1. The molecule has 1 unspecified atom stereocenters. The van der Waals surface area contributed by atoms with Crippen LogP contribution in [0.25, 0.3) is 0 Å². The molecule has 0 bridgehead atoms. The van der Waals surface area contributed by atoms with Crippen LogP contribution in [0.15, 0.2) is 29.6 Å². The van der Waals surface area contributed by atoms with E-state index in [4.69, 9.17) is 10.5 Å². The van der Waals surface area contributed by atoms with E-state index in [1.807, 2.05) is 0 Å². The lowest BCUT2D eigenvalue weighted by Gasteiger charge is -2.12. The molecule has 1 atom stereocenters. The highest BCUT2D eigenvalue weighted by Gasteiger charge is 2.13. The van der Waals surface area contributed by atoms with Crippen LogP contribution in [0.1, 0.15) is 15.5 Å². The maximum atomic E-state index is 12.7. The van der Waals surface area contributed by atoms with Crippen molar-refractivity contribution in [2.75, 3.05) is 19.7 Å². The molecule has 132 valence electrons. The van der Waals surface area contributed by atoms with E-state index in [2.05, 4.69) is 10.3 Å². The van der Waals surface area contributed by atoms with Gasteiger partial charge < -0.3 is 20.9 Å². The average molecular weight is 376 g/mol. The molecule has 0 aliphatic heterocycles. The number of thiazole rings is 1. The first-order valence-electron chi connectivity index (χ1n) is 7.07. The van der Waals surface area contributed by atoms with Crippen LogP contribution < -0.4 is 15.8 Å². The van der Waals surface area contributed by atoms with Crippen LogP contribution in [0, 0.1) is 5.82 Å². The zero-order chi connectivity index (χ0) is 16.7. The third kappa shape index (κ3) is 6.40. The van der Waals surface area contributed by atoms with Crippen LogP contribution >= 0.6 is 23.7 Å². The Labute approximate surface area is 149 Å². The van der Waals surface area contributed by atoms with Gasteiger partial charge >= 0.3 is 0 Å². The predicted molar refractivity (Wildman–Crippen MR) is 92.4 cm³/mol. The molecule has 2 rings (SSSR count). The molecule has 24 heavy (non-hydrogen) atoms. The van der Waals surface area contributed by atoms with Gasteiger partial charge in [-0.3, -0.25) is 4.79 Å². The first-order valence-corrected chi connectivity index (χ1v) is 7.95. The fourth-order valence-electron chi connectivity index (χ4n) is 1.74. The Kier molecular flexibility index (Phi) is 8.62. The van der Waals surface area contributed by atoms with E-state index in [-0.39, 0.29) is 37.3 Å². The number of ether oxygens (including phenoxy) is 1. The molecule has 0 aliphatic rings. The molecule has 0 radical (unpaired) electrons. The molecule has 0 spiro atoms. The van der Waals surface area contributed by atoms with Gasteiger partial charge in [0.2, 0.25) is 0 Å². The Morgan fingerprint density at radius 2 is 2.12 bits per heavy atom. The molecule has 1 aromatic carbocycles. The Bertz CT molecular complexity index is 639. The van der Waals surface area contributed by atoms with Crippen LogP contribution in [0.2, 0.25) is 0 Å². The minimum atomic E-state index is -0.883. The molecule has 0 aliphatic carbocycles. The molecule has 0 saturated carbocycles. The van der Waals surface area contributed by atoms with Crippen molar-refractivity contribution in [2.45, 2.75) is 12.5 Å². The van der Waals surface area contributed by atoms with Crippen LogP contribution in [-0.2, 0) is 6.42 Å². The summed E-state index contributed by atoms with van der Waals surface area (Å²) in [4.78, 5) is 16.0. The summed E-state index contributed by atoms with van der Waals surface area (Å²) in [7, 11) is 0. The largest absolute Gasteiger partial charge is 0.491 e. The number of aliphatic hydroxyl groups is 1. The van der Waals surface area contributed by atoms with Crippen molar-refractivity contribution in [3.63, 3.8) is 0 Å². The maximum Gasteiger partial charge on any atom is 0.270 e. The smallest absolute Gasteiger partial charge is 0.270 e. The second kappa shape index (κ2) is 10.2. The van der Waals surface area contributed by atoms with Crippen molar-refractivity contribution in [1.29, 1.82) is 0 Å². The first-order chi connectivity index (χ1) is 11.1. The molecule has 1 aromatic heterocycles. The van der Waals surface area contributed by atoms with Crippen LogP contribution in [0.5, 0.6) is 5.75 Å². The van der Waals surface area contributed by atoms with Crippen molar-refractivity contribution in [3.05, 3.63) is 46.2 Å². The summed E-state index contributed by atoms with van der Waals surface area (Å²) in [5.41, 5.74) is 5.74. The second-order valence-electron chi connectivity index (χ2n) is 4.79. The number of amides is 1. The lowest BCUT2D eigenvalue weighted by Crippen LogP contribution is -2.35. The van der Waals surface area contributed by atoms with E-state index in [0.717, 1.165) is 5.01 Å². The summed E-state index contributed by atoms with van der Waals surface area (Å²) in [5.74, 6) is -0.268. The maximum absolute atomic E-state index is 12.7. The molecule has 6 nitrogen and oxygen atoms in total. The van der Waals surface area contributed by atoms with Crippen LogP contribution in [-0.4, -0.2) is 41.8 Å². The number of hydrogen-bond donors (Lipinski definition) is 3. The highest BCUT2D eigenvalue weighted by atomic mass is 35.5. The molecule has 0 fully saturated rings. The number of carbonyl (C=O) groups is 1. The summed E-state index contributed by atoms with van der Waals surface area (Å²) in [6, 6.07) is 5.47. The molecule has 2 aromatic rings. The Morgan fingerprint density at radius 3 is 2.79 bits per heavy atom. The monoisotopic (exact) mass is 375 g/mol. The lowest BCUT2D eigenvalue weighted by molar-refractivity contribution is 0.0840. The molecule has 9 heteroatoms. The minimum absolute atomic E-state index is 0. The van der Waals surface area contributed by atoms with Crippen molar-refractivity contribution in [2.24, 2.45) is 5.73 Å². The Hall–Kier alpha value is -1.74. The van der Waals surface area contributed by atoms with Gasteiger partial charge in [0, 0.05) is 18.3 Å². The lowest BCUT2D eigenvalue weighted by atomic mass is 10.3. The number of halogens is 2. The average Bonchev–Trinajstić information content (AvgIpc) is 3.01. The Morgan fingerprint density at radius 1 is 1.42 bits per heavy atom. The molecule has 4 N–H and O–H groups in total. The third-order valence-electron chi connectivity index (χ3n) is 2.90. The summed E-state index contributed by atoms with van der Waals surface area (Å²) in [6.07, 6.45) is -0.252. The number of aliphatic hydroxyl groups excluding tert-OH is 1. The summed E-state index contributed by atoms with van der Waals surface area (Å²) in [5, 5.41) is 14.8. The number of rotatable bonds is 8. The van der Waals surface area contributed by atoms with E-state index in [0.29, 0.717) is 24.4 Å². The van der Waals surface area contributed by atoms with Crippen molar-refractivity contribution >= 4 is 29.7 Å². The predicted octanol–water partition coefficient (Wildman–Crippen LogP) is 1.37. The van der Waals surface area contributed by atoms with Gasteiger partial charge in [-0.05, 0) is 30.8 Å². The van der Waals surface area contributed by atoms with Gasteiger partial charge in [-0.2, -0.15) is 0 Å². The van der Waals surface area contributed by atoms with Gasteiger partial charge in [-0.1, -0.05) is 0 Å². The van der Waals surface area contributed by atoms with Crippen LogP contribution in [0.3, 0.4) is 0 Å². The fraction of sp³-hybridized carbons (Fsp3) is 0.333. The topological polar surface area (TPSA) is 97.5 Å². The van der Waals surface area contributed by atoms with Gasteiger partial charge in [0.1, 0.15) is 30.0 Å². The number of benzene rings is 1. The van der Waals surface area contributed by atoms with E-state index in [9.17, 15) is 14.3 Å². The molecule has 0 saturated heterocycles. The summed E-state index contributed by atoms with van der Waals surface area (Å²) in [6.45, 7) is 0.499. The summed E-state index contributed by atoms with van der Waals surface area (Å²) >= 11 is 1.38. The second-order valence-corrected chi connectivity index (χ2v) is 5.74. The van der Waals surface area contributed by atoms with Crippen LogP contribution in [0.4, 0.5) is 4.39 Å². The third-order valence-corrected chi connectivity index (χ3v) is 3.81. The van der Waals surface area contributed by atoms with E-state index >= 15 is 0 Å². The molecule has 1 amide bonds. The highest BCUT2D eigenvalue weighted by molar-refractivity contribution is 7.09. The highest BCUT2D eigenvalue weighted by Crippen LogP contribution is 2.11. The molecule has 1 heterocycles. The van der Waals surface area contributed by atoms with Gasteiger partial charge in [0.25, 0.3) is 5.91 Å². The minimum Gasteiger partial charge on any atom is -0.491 e. The number of nitrogens with two attached hydrogens (primary N) is 1. The number of nitrogens with zero attached hydrogens (tertiary/aromatic N) is 1. The van der Waals surface area contributed by atoms with Gasteiger partial charge in [-0.15, -0.1) is 23.7 Å². The molecular formula is C15H19ClFN3O3S. The van der Waals surface area contributed by atoms with Crippen molar-refractivity contribution < 1.29 is 19.0 Å². The number of hydrogen-bond acceptors (Lipinski definition) is 6. The normalized spacial score (nSPS) is 11.5. The van der Waals surface area contributed by atoms with Gasteiger partial charge in [-0.25, -0.2) is 9.37 Å². The Balaban J connectivity index is 0.00000288. The first kappa shape index (κ1) is 20.3. The zero-order valence-electron chi connectivity index (χ0n) is 12.8. The standard InChI is InChI=1S/C15H18FN3O3S.ClH/c16-10-1-3-12(4-2-10)22-8-11(20)7-18-15(21)13-9-23-14(19-13)5-6-17;/h1-4,9,11,20H,5-8,17H2,(H,18,21);1H. The fourth-order valence-corrected chi connectivity index (χ4v) is 2.53. The van der Waals surface area contributed by atoms with Gasteiger partial charge in [0.15, 0.2) is 0 Å². The zero-order valence-corrected chi connectivity index (χ0v) is 14.4. The number of aromatic nitrogens is 1. The van der Waals surface area contributed by atoms with Crippen molar-refractivity contribution in [1.82, 2.24) is 10.3 Å². The van der Waals surface area contributed by atoms with Gasteiger partial charge in [0.05, 0.1) is 5.01 Å². The van der Waals surface area contributed by atoms with E-state index in [1.54, 1.807) is 5.38 Å². The SMILES string of the molecule is Cl.NCCc1nc(C(=O)NCC(O)COc2ccc(F)cc2)cs1. The van der Waals surface area contributed by atoms with E-state index in [1.165, 1.54) is 35.6 Å². The molecular weight excluding hydrogens is 357 g/mol. The van der Waals surface area contributed by atoms with E-state index < -0.39 is 6.10 Å². The summed E-state index contributed by atoms with van der Waals surface area (Å²) < 4.78 is 18.0. The number of nitrogens with one attached hydrogen (secondary N) is 1. The van der Waals surface area contributed by atoms with Crippen molar-refractivity contribution in [3.8, 4) is 5.75 Å². The quantitative estimate of drug-likeness (QED) is 0.647.